The molecular weight excluding hydrogens is 398 g/mol. The van der Waals surface area contributed by atoms with E-state index in [0.29, 0.717) is 10.9 Å². The predicted octanol–water partition coefficient (Wildman–Crippen LogP) is 6.01. The van der Waals surface area contributed by atoms with Crippen LogP contribution in [0.15, 0.2) is 73.1 Å². The molecule has 2 amide bonds. The fourth-order valence-corrected chi connectivity index (χ4v) is 3.89. The SMILES string of the molecule is O=C(Nc1cccnc1)N1CCC[C@H](Cc2cccc(Oc3ccc(Cl)cc3)c2)C1. The van der Waals surface area contributed by atoms with Gasteiger partial charge >= 0.3 is 6.03 Å². The van der Waals surface area contributed by atoms with E-state index in [1.807, 2.05) is 53.4 Å². The second-order valence-electron chi connectivity index (χ2n) is 7.53. The van der Waals surface area contributed by atoms with Gasteiger partial charge in [-0.05, 0) is 79.3 Å². The van der Waals surface area contributed by atoms with Crippen LogP contribution in [0.4, 0.5) is 10.5 Å². The van der Waals surface area contributed by atoms with E-state index in [2.05, 4.69) is 22.4 Å². The molecule has 0 radical (unpaired) electrons. The van der Waals surface area contributed by atoms with Crippen molar-refractivity contribution < 1.29 is 9.53 Å². The number of likely N-dealkylation sites (tertiary alicyclic amines) is 1. The van der Waals surface area contributed by atoms with Crippen molar-refractivity contribution in [2.45, 2.75) is 19.3 Å². The Hall–Kier alpha value is -3.05. The van der Waals surface area contributed by atoms with Crippen molar-refractivity contribution >= 4 is 23.3 Å². The first-order chi connectivity index (χ1) is 14.7. The minimum absolute atomic E-state index is 0.0625. The molecule has 5 nitrogen and oxygen atoms in total. The van der Waals surface area contributed by atoms with Gasteiger partial charge < -0.3 is 15.0 Å². The van der Waals surface area contributed by atoms with E-state index in [9.17, 15) is 4.79 Å². The maximum atomic E-state index is 12.6. The number of anilines is 1. The van der Waals surface area contributed by atoms with Crippen LogP contribution in [-0.4, -0.2) is 29.0 Å². The summed E-state index contributed by atoms with van der Waals surface area (Å²) in [6.07, 6.45) is 6.38. The van der Waals surface area contributed by atoms with E-state index in [1.54, 1.807) is 12.4 Å². The number of nitrogens with zero attached hydrogens (tertiary/aromatic N) is 2. The number of halogens is 1. The van der Waals surface area contributed by atoms with Crippen molar-refractivity contribution in [3.05, 3.63) is 83.6 Å². The van der Waals surface area contributed by atoms with E-state index in [1.165, 1.54) is 5.56 Å². The van der Waals surface area contributed by atoms with Crippen molar-refractivity contribution in [3.63, 3.8) is 0 Å². The van der Waals surface area contributed by atoms with Crippen molar-refractivity contribution in [1.82, 2.24) is 9.88 Å². The molecule has 0 saturated carbocycles. The third-order valence-electron chi connectivity index (χ3n) is 5.19. The summed E-state index contributed by atoms with van der Waals surface area (Å²) in [6.45, 7) is 1.52. The zero-order valence-electron chi connectivity index (χ0n) is 16.6. The third-order valence-corrected chi connectivity index (χ3v) is 5.44. The largest absolute Gasteiger partial charge is 0.457 e. The fourth-order valence-electron chi connectivity index (χ4n) is 3.76. The lowest BCUT2D eigenvalue weighted by atomic mass is 9.91. The normalized spacial score (nSPS) is 16.2. The van der Waals surface area contributed by atoms with Crippen molar-refractivity contribution in [3.8, 4) is 11.5 Å². The molecule has 1 fully saturated rings. The van der Waals surface area contributed by atoms with Gasteiger partial charge in [-0.1, -0.05) is 23.7 Å². The van der Waals surface area contributed by atoms with Crippen LogP contribution in [0.1, 0.15) is 18.4 Å². The molecule has 0 aliphatic carbocycles. The molecule has 6 heteroatoms. The molecule has 3 aromatic rings. The highest BCUT2D eigenvalue weighted by molar-refractivity contribution is 6.30. The van der Waals surface area contributed by atoms with Gasteiger partial charge in [-0.2, -0.15) is 0 Å². The van der Waals surface area contributed by atoms with Crippen LogP contribution in [0.2, 0.25) is 5.02 Å². The molecule has 1 N–H and O–H groups in total. The summed E-state index contributed by atoms with van der Waals surface area (Å²) in [5.41, 5.74) is 1.93. The number of aromatic nitrogens is 1. The summed E-state index contributed by atoms with van der Waals surface area (Å²) in [4.78, 5) is 18.5. The van der Waals surface area contributed by atoms with Crippen LogP contribution < -0.4 is 10.1 Å². The molecule has 1 aliphatic rings. The second-order valence-corrected chi connectivity index (χ2v) is 7.97. The number of carbonyl (C=O) groups excluding carboxylic acids is 1. The van der Waals surface area contributed by atoms with Crippen LogP contribution in [0.25, 0.3) is 0 Å². The zero-order chi connectivity index (χ0) is 20.8. The molecule has 1 saturated heterocycles. The molecular formula is C24H24ClN3O2. The Balaban J connectivity index is 1.35. The summed E-state index contributed by atoms with van der Waals surface area (Å²) in [6, 6.07) is 19.1. The third kappa shape index (κ3) is 5.51. The number of rotatable bonds is 5. The molecule has 0 unspecified atom stereocenters. The van der Waals surface area contributed by atoms with Crippen LogP contribution in [0.5, 0.6) is 11.5 Å². The van der Waals surface area contributed by atoms with Gasteiger partial charge in [0.2, 0.25) is 0 Å². The van der Waals surface area contributed by atoms with Crippen LogP contribution in [0.3, 0.4) is 0 Å². The van der Waals surface area contributed by atoms with Crippen molar-refractivity contribution in [2.75, 3.05) is 18.4 Å². The molecule has 0 spiro atoms. The standard InChI is InChI=1S/C24H24ClN3O2/c25-20-8-10-22(11-9-20)30-23-7-1-4-18(15-23)14-19-5-3-13-28(17-19)24(29)27-21-6-2-12-26-16-21/h1-2,4,6-12,15-16,19H,3,5,13-14,17H2,(H,27,29)/t19-/m1/s1. The number of piperidine rings is 1. The molecule has 0 bridgehead atoms. The van der Waals surface area contributed by atoms with E-state index >= 15 is 0 Å². The van der Waals surface area contributed by atoms with Gasteiger partial charge in [-0.15, -0.1) is 0 Å². The Labute approximate surface area is 181 Å². The molecule has 4 rings (SSSR count). The smallest absolute Gasteiger partial charge is 0.321 e. The average molecular weight is 422 g/mol. The lowest BCUT2D eigenvalue weighted by molar-refractivity contribution is 0.177. The molecule has 2 aromatic carbocycles. The monoisotopic (exact) mass is 421 g/mol. The summed E-state index contributed by atoms with van der Waals surface area (Å²) < 4.78 is 5.95. The van der Waals surface area contributed by atoms with Gasteiger partial charge in [0.1, 0.15) is 11.5 Å². The Kier molecular flexibility index (Phi) is 6.50. The number of hydrogen-bond donors (Lipinski definition) is 1. The number of urea groups is 1. The van der Waals surface area contributed by atoms with Crippen molar-refractivity contribution in [2.24, 2.45) is 5.92 Å². The van der Waals surface area contributed by atoms with Crippen LogP contribution >= 0.6 is 11.6 Å². The molecule has 1 atom stereocenters. The number of pyridine rings is 1. The maximum absolute atomic E-state index is 12.6. The van der Waals surface area contributed by atoms with E-state index < -0.39 is 0 Å². The summed E-state index contributed by atoms with van der Waals surface area (Å²) >= 11 is 5.94. The van der Waals surface area contributed by atoms with Crippen molar-refractivity contribution in [1.29, 1.82) is 0 Å². The minimum atomic E-state index is -0.0625. The minimum Gasteiger partial charge on any atom is -0.457 e. The molecule has 154 valence electrons. The quantitative estimate of drug-likeness (QED) is 0.548. The Morgan fingerprint density at radius 1 is 1.13 bits per heavy atom. The van der Waals surface area contributed by atoms with E-state index in [0.717, 1.165) is 49.5 Å². The number of hydrogen-bond acceptors (Lipinski definition) is 3. The van der Waals surface area contributed by atoms with E-state index in [4.69, 9.17) is 16.3 Å². The number of carbonyl (C=O) groups is 1. The lowest BCUT2D eigenvalue weighted by Crippen LogP contribution is -2.42. The van der Waals surface area contributed by atoms with Gasteiger partial charge in [0.05, 0.1) is 11.9 Å². The topological polar surface area (TPSA) is 54.5 Å². The summed E-state index contributed by atoms with van der Waals surface area (Å²) in [5.74, 6) is 1.98. The average Bonchev–Trinajstić information content (AvgIpc) is 2.76. The second kappa shape index (κ2) is 9.63. The summed E-state index contributed by atoms with van der Waals surface area (Å²) in [5, 5.41) is 3.62. The Morgan fingerprint density at radius 3 is 2.80 bits per heavy atom. The van der Waals surface area contributed by atoms with Gasteiger partial charge in [-0.3, -0.25) is 4.98 Å². The first kappa shape index (κ1) is 20.2. The lowest BCUT2D eigenvalue weighted by Gasteiger charge is -2.33. The predicted molar refractivity (Wildman–Crippen MR) is 119 cm³/mol. The Morgan fingerprint density at radius 2 is 2.00 bits per heavy atom. The Bertz CT molecular complexity index is 979. The first-order valence-corrected chi connectivity index (χ1v) is 10.5. The number of ether oxygens (including phenoxy) is 1. The van der Waals surface area contributed by atoms with Gasteiger partial charge in [0.25, 0.3) is 0 Å². The highest BCUT2D eigenvalue weighted by Gasteiger charge is 2.24. The van der Waals surface area contributed by atoms with Crippen LogP contribution in [0, 0.1) is 5.92 Å². The van der Waals surface area contributed by atoms with Gasteiger partial charge in [-0.25, -0.2) is 4.79 Å². The molecule has 2 heterocycles. The first-order valence-electron chi connectivity index (χ1n) is 10.1. The number of nitrogens with one attached hydrogen (secondary N) is 1. The molecule has 1 aliphatic heterocycles. The number of benzene rings is 2. The molecule has 1 aromatic heterocycles. The maximum Gasteiger partial charge on any atom is 0.321 e. The molecule has 30 heavy (non-hydrogen) atoms. The van der Waals surface area contributed by atoms with E-state index in [-0.39, 0.29) is 6.03 Å². The fraction of sp³-hybridized carbons (Fsp3) is 0.250. The number of amides is 2. The van der Waals surface area contributed by atoms with Gasteiger partial charge in [0.15, 0.2) is 0 Å². The van der Waals surface area contributed by atoms with Crippen LogP contribution in [-0.2, 0) is 6.42 Å². The highest BCUT2D eigenvalue weighted by atomic mass is 35.5. The zero-order valence-corrected chi connectivity index (χ0v) is 17.4. The summed E-state index contributed by atoms with van der Waals surface area (Å²) in [7, 11) is 0. The van der Waals surface area contributed by atoms with Gasteiger partial charge in [0, 0.05) is 24.3 Å². The highest BCUT2D eigenvalue weighted by Crippen LogP contribution is 2.27.